The van der Waals surface area contributed by atoms with E-state index in [-0.39, 0.29) is 6.09 Å². The highest BCUT2D eigenvalue weighted by Crippen LogP contribution is 2.37. The summed E-state index contributed by atoms with van der Waals surface area (Å²) in [4.78, 5) is 23.9. The van der Waals surface area contributed by atoms with E-state index in [2.05, 4.69) is 65.6 Å². The first-order chi connectivity index (χ1) is 17.7. The number of ether oxygens (including phenoxy) is 1. The maximum absolute atomic E-state index is 12.5. The fraction of sp³-hybridized carbons (Fsp3) is 0.172. The zero-order valence-electron chi connectivity index (χ0n) is 19.7. The van der Waals surface area contributed by atoms with E-state index < -0.39 is 0 Å². The van der Waals surface area contributed by atoms with Crippen molar-refractivity contribution in [2.75, 3.05) is 31.1 Å². The lowest BCUT2D eigenvalue weighted by Crippen LogP contribution is -2.48. The van der Waals surface area contributed by atoms with Crippen molar-refractivity contribution >= 4 is 55.3 Å². The molecule has 1 amide bonds. The highest BCUT2D eigenvalue weighted by Gasteiger charge is 2.24. The van der Waals surface area contributed by atoms with Crippen LogP contribution in [0.2, 0.25) is 0 Å². The van der Waals surface area contributed by atoms with Gasteiger partial charge in [0, 0.05) is 36.0 Å². The standard InChI is InChI=1S/C29H25N3O2S2/c33-29(34-20-21-7-2-1-3-8-21)32-17-15-31(16-18-32)28-30-25-14-13-23(19-27(25)36-28)35-26-12-6-10-22-9-4-5-11-24(22)26/h1-14,19H,15-18,20H2. The molecule has 6 rings (SSSR count). The number of aromatic nitrogens is 1. The van der Waals surface area contributed by atoms with Gasteiger partial charge in [0.25, 0.3) is 0 Å². The van der Waals surface area contributed by atoms with E-state index in [1.165, 1.54) is 25.3 Å². The van der Waals surface area contributed by atoms with Crippen molar-refractivity contribution in [3.63, 3.8) is 0 Å². The van der Waals surface area contributed by atoms with Gasteiger partial charge in [-0.2, -0.15) is 0 Å². The number of hydrogen-bond acceptors (Lipinski definition) is 6. The number of piperazine rings is 1. The number of carbonyl (C=O) groups excluding carboxylic acids is 1. The summed E-state index contributed by atoms with van der Waals surface area (Å²) >= 11 is 3.51. The number of fused-ring (bicyclic) bond motifs is 2. The lowest BCUT2D eigenvalue weighted by molar-refractivity contribution is 0.0942. The molecule has 4 aromatic carbocycles. The molecule has 1 fully saturated rings. The summed E-state index contributed by atoms with van der Waals surface area (Å²) in [7, 11) is 0. The van der Waals surface area contributed by atoms with Gasteiger partial charge in [-0.15, -0.1) is 0 Å². The fourth-order valence-electron chi connectivity index (χ4n) is 4.39. The third-order valence-corrected chi connectivity index (χ3v) is 8.48. The third kappa shape index (κ3) is 4.90. The van der Waals surface area contributed by atoms with Crippen LogP contribution >= 0.6 is 23.1 Å². The summed E-state index contributed by atoms with van der Waals surface area (Å²) < 4.78 is 6.68. The van der Waals surface area contributed by atoms with Crippen molar-refractivity contribution in [2.24, 2.45) is 0 Å². The molecule has 0 radical (unpaired) electrons. The average Bonchev–Trinajstić information content (AvgIpc) is 3.36. The molecule has 1 aliphatic rings. The lowest BCUT2D eigenvalue weighted by atomic mass is 10.1. The predicted octanol–water partition coefficient (Wildman–Crippen LogP) is 7.06. The molecular weight excluding hydrogens is 486 g/mol. The number of hydrogen-bond donors (Lipinski definition) is 0. The van der Waals surface area contributed by atoms with Crippen LogP contribution < -0.4 is 4.90 Å². The molecule has 180 valence electrons. The van der Waals surface area contributed by atoms with Gasteiger partial charge >= 0.3 is 6.09 Å². The highest BCUT2D eigenvalue weighted by atomic mass is 32.2. The minimum Gasteiger partial charge on any atom is -0.445 e. The van der Waals surface area contributed by atoms with Crippen molar-refractivity contribution in [3.8, 4) is 0 Å². The molecule has 7 heteroatoms. The quantitative estimate of drug-likeness (QED) is 0.253. The molecule has 36 heavy (non-hydrogen) atoms. The number of rotatable bonds is 5. The first-order valence-corrected chi connectivity index (χ1v) is 13.6. The van der Waals surface area contributed by atoms with E-state index in [9.17, 15) is 4.79 Å². The molecule has 0 N–H and O–H groups in total. The van der Waals surface area contributed by atoms with Crippen LogP contribution in [0.4, 0.5) is 9.93 Å². The Morgan fingerprint density at radius 2 is 1.67 bits per heavy atom. The molecule has 0 aliphatic carbocycles. The first-order valence-electron chi connectivity index (χ1n) is 12.0. The Morgan fingerprint density at radius 1 is 0.889 bits per heavy atom. The van der Waals surface area contributed by atoms with Crippen LogP contribution in [0.5, 0.6) is 0 Å². The van der Waals surface area contributed by atoms with Gasteiger partial charge < -0.3 is 14.5 Å². The molecule has 5 aromatic rings. The van der Waals surface area contributed by atoms with Crippen LogP contribution in [0.1, 0.15) is 5.56 Å². The Hall–Kier alpha value is -3.55. The van der Waals surface area contributed by atoms with Crippen molar-refractivity contribution in [1.29, 1.82) is 0 Å². The average molecular weight is 512 g/mol. The first kappa shape index (κ1) is 22.9. The van der Waals surface area contributed by atoms with E-state index in [0.717, 1.165) is 29.3 Å². The van der Waals surface area contributed by atoms with Crippen LogP contribution in [0.3, 0.4) is 0 Å². The maximum Gasteiger partial charge on any atom is 0.410 e. The van der Waals surface area contributed by atoms with E-state index in [4.69, 9.17) is 9.72 Å². The van der Waals surface area contributed by atoms with Crippen molar-refractivity contribution < 1.29 is 9.53 Å². The summed E-state index contributed by atoms with van der Waals surface area (Å²) in [6.07, 6.45) is -0.252. The number of nitrogens with zero attached hydrogens (tertiary/aromatic N) is 3. The van der Waals surface area contributed by atoms with Gasteiger partial charge in [-0.1, -0.05) is 89.8 Å². The molecule has 1 aliphatic heterocycles. The lowest BCUT2D eigenvalue weighted by Gasteiger charge is -2.33. The largest absolute Gasteiger partial charge is 0.445 e. The van der Waals surface area contributed by atoms with E-state index in [0.29, 0.717) is 19.7 Å². The van der Waals surface area contributed by atoms with Gasteiger partial charge in [0.2, 0.25) is 0 Å². The van der Waals surface area contributed by atoms with E-state index >= 15 is 0 Å². The van der Waals surface area contributed by atoms with Gasteiger partial charge in [-0.3, -0.25) is 0 Å². The monoisotopic (exact) mass is 511 g/mol. The second kappa shape index (κ2) is 10.2. The van der Waals surface area contributed by atoms with Crippen molar-refractivity contribution in [3.05, 3.63) is 96.6 Å². The van der Waals surface area contributed by atoms with Gasteiger partial charge in [0.15, 0.2) is 5.13 Å². The molecule has 0 atom stereocenters. The van der Waals surface area contributed by atoms with Crippen molar-refractivity contribution in [2.45, 2.75) is 16.4 Å². The van der Waals surface area contributed by atoms with Crippen LogP contribution in [0, 0.1) is 0 Å². The Kier molecular flexibility index (Phi) is 6.49. The Bertz CT molecular complexity index is 1510. The van der Waals surface area contributed by atoms with Crippen LogP contribution in [0.25, 0.3) is 21.0 Å². The Labute approximate surface area is 218 Å². The fourth-order valence-corrected chi connectivity index (χ4v) is 6.53. The van der Waals surface area contributed by atoms with Crippen LogP contribution in [0.15, 0.2) is 101 Å². The van der Waals surface area contributed by atoms with Crippen LogP contribution in [-0.2, 0) is 11.3 Å². The van der Waals surface area contributed by atoms with Gasteiger partial charge in [0.1, 0.15) is 6.61 Å². The molecular formula is C29H25N3O2S2. The normalized spacial score (nSPS) is 13.9. The summed E-state index contributed by atoms with van der Waals surface area (Å²) in [6.45, 7) is 3.06. The number of amides is 1. The molecule has 5 nitrogen and oxygen atoms in total. The molecule has 1 aromatic heterocycles. The van der Waals surface area contributed by atoms with Gasteiger partial charge in [-0.05, 0) is 40.6 Å². The van der Waals surface area contributed by atoms with Crippen molar-refractivity contribution in [1.82, 2.24) is 9.88 Å². The number of thiazole rings is 1. The minimum atomic E-state index is -0.252. The molecule has 1 saturated heterocycles. The zero-order chi connectivity index (χ0) is 24.3. The molecule has 2 heterocycles. The Morgan fingerprint density at radius 3 is 2.53 bits per heavy atom. The third-order valence-electron chi connectivity index (χ3n) is 6.34. The topological polar surface area (TPSA) is 45.7 Å². The van der Waals surface area contributed by atoms with E-state index in [1.807, 2.05) is 30.3 Å². The second-order valence-electron chi connectivity index (χ2n) is 8.72. The maximum atomic E-state index is 12.5. The second-order valence-corrected chi connectivity index (χ2v) is 10.8. The number of benzene rings is 4. The van der Waals surface area contributed by atoms with Gasteiger partial charge in [-0.25, -0.2) is 9.78 Å². The summed E-state index contributed by atoms with van der Waals surface area (Å²) in [5, 5.41) is 3.54. The predicted molar refractivity (Wildman–Crippen MR) is 148 cm³/mol. The summed E-state index contributed by atoms with van der Waals surface area (Å²) in [5.41, 5.74) is 2.01. The Balaban J connectivity index is 1.10. The zero-order valence-corrected chi connectivity index (χ0v) is 21.3. The molecule has 0 bridgehead atoms. The molecule has 0 unspecified atom stereocenters. The van der Waals surface area contributed by atoms with Crippen LogP contribution in [-0.4, -0.2) is 42.2 Å². The molecule has 0 saturated carbocycles. The molecule has 0 spiro atoms. The number of carbonyl (C=O) groups is 1. The minimum absolute atomic E-state index is 0.252. The van der Waals surface area contributed by atoms with E-state index in [1.54, 1.807) is 28.0 Å². The summed E-state index contributed by atoms with van der Waals surface area (Å²) in [6, 6.07) is 31.2. The number of anilines is 1. The smallest absolute Gasteiger partial charge is 0.410 e. The SMILES string of the molecule is O=C(OCc1ccccc1)N1CCN(c2nc3ccc(Sc4cccc5ccccc45)cc3s2)CC1. The van der Waals surface area contributed by atoms with Gasteiger partial charge in [0.05, 0.1) is 10.2 Å². The highest BCUT2D eigenvalue weighted by molar-refractivity contribution is 7.99. The summed E-state index contributed by atoms with van der Waals surface area (Å²) in [5.74, 6) is 0.